The fourth-order valence-electron chi connectivity index (χ4n) is 4.09. The van der Waals surface area contributed by atoms with E-state index in [9.17, 15) is 14.0 Å². The number of amides is 2. The van der Waals surface area contributed by atoms with Crippen LogP contribution >= 0.6 is 27.5 Å². The molecule has 1 heterocycles. The van der Waals surface area contributed by atoms with E-state index in [-0.39, 0.29) is 11.6 Å². The second-order valence-corrected chi connectivity index (χ2v) is 10.1. The minimum absolute atomic E-state index is 0.0572. The maximum Gasteiger partial charge on any atom is 0.312 e. The lowest BCUT2D eigenvalue weighted by atomic mass is 9.99. The number of carbonyl (C=O) groups excluding carboxylic acids is 2. The van der Waals surface area contributed by atoms with Gasteiger partial charge < -0.3 is 19.3 Å². The number of benzene rings is 3. The Hall–Kier alpha value is -3.36. The summed E-state index contributed by atoms with van der Waals surface area (Å²) < 4.78 is 25.7. The summed E-state index contributed by atoms with van der Waals surface area (Å²) in [5.74, 6) is -0.0873. The summed E-state index contributed by atoms with van der Waals surface area (Å²) in [7, 11) is 1.58. The zero-order valence-corrected chi connectivity index (χ0v) is 23.4. The van der Waals surface area contributed by atoms with Crippen LogP contribution in [-0.2, 0) is 16.1 Å². The smallest absolute Gasteiger partial charge is 0.312 e. The van der Waals surface area contributed by atoms with E-state index in [1.807, 2.05) is 43.3 Å². The molecule has 0 aromatic heterocycles. The monoisotopic (exact) mass is 600 g/mol. The van der Waals surface area contributed by atoms with E-state index in [1.54, 1.807) is 24.1 Å². The Morgan fingerprint density at radius 1 is 1.08 bits per heavy atom. The molecule has 3 aromatic rings. The summed E-state index contributed by atoms with van der Waals surface area (Å²) in [4.78, 5) is 28.9. The molecule has 0 unspecified atom stereocenters. The number of ether oxygens (including phenoxy) is 2. The SMILES string of the molecule is CCOc1ccc(C2=CCN(C(=O)C(=O)N(C)Cc3ccc(Br)cc3Oc3ccc(F)c(Cl)c3)CC2)cc1. The van der Waals surface area contributed by atoms with Gasteiger partial charge in [0.15, 0.2) is 0 Å². The molecule has 0 aliphatic carbocycles. The van der Waals surface area contributed by atoms with Crippen LogP contribution in [0.3, 0.4) is 0 Å². The Kier molecular flexibility index (Phi) is 9.07. The molecule has 0 bridgehead atoms. The zero-order valence-electron chi connectivity index (χ0n) is 21.0. The Bertz CT molecular complexity index is 1360. The van der Waals surface area contributed by atoms with E-state index in [2.05, 4.69) is 15.9 Å². The largest absolute Gasteiger partial charge is 0.494 e. The maximum atomic E-state index is 13.5. The molecular formula is C29H27BrClFN2O4. The highest BCUT2D eigenvalue weighted by Crippen LogP contribution is 2.32. The van der Waals surface area contributed by atoms with Gasteiger partial charge >= 0.3 is 11.8 Å². The van der Waals surface area contributed by atoms with Gasteiger partial charge in [0, 0.05) is 42.8 Å². The first kappa shape index (κ1) is 27.7. The van der Waals surface area contributed by atoms with Gasteiger partial charge in [0.25, 0.3) is 0 Å². The molecular weight excluding hydrogens is 575 g/mol. The summed E-state index contributed by atoms with van der Waals surface area (Å²) in [5, 5.41) is -0.0572. The molecule has 0 radical (unpaired) electrons. The van der Waals surface area contributed by atoms with Crippen LogP contribution in [0.4, 0.5) is 4.39 Å². The standard InChI is InChI=1S/C29H27BrClFN2O4/c1-3-37-23-8-5-19(6-9-23)20-12-14-34(15-13-20)29(36)28(35)33(2)18-21-4-7-22(30)16-27(21)38-24-10-11-26(32)25(31)17-24/h4-12,16-17H,3,13-15,18H2,1-2H3. The van der Waals surface area contributed by atoms with Gasteiger partial charge in [-0.25, -0.2) is 4.39 Å². The Morgan fingerprint density at radius 2 is 1.82 bits per heavy atom. The van der Waals surface area contributed by atoms with Crippen molar-refractivity contribution in [2.75, 3.05) is 26.7 Å². The third kappa shape index (κ3) is 6.74. The average molecular weight is 602 g/mol. The predicted octanol–water partition coefficient (Wildman–Crippen LogP) is 6.71. The van der Waals surface area contributed by atoms with Crippen molar-refractivity contribution in [3.05, 3.63) is 93.2 Å². The number of hydrogen-bond acceptors (Lipinski definition) is 4. The second-order valence-electron chi connectivity index (χ2n) is 8.78. The molecule has 0 atom stereocenters. The third-order valence-corrected chi connectivity index (χ3v) is 6.90. The third-order valence-electron chi connectivity index (χ3n) is 6.12. The van der Waals surface area contributed by atoms with Gasteiger partial charge in [-0.1, -0.05) is 51.8 Å². The molecule has 4 rings (SSSR count). The fourth-order valence-corrected chi connectivity index (χ4v) is 4.61. The number of halogens is 3. The fraction of sp³-hybridized carbons (Fsp3) is 0.241. The molecule has 1 aliphatic rings. The van der Waals surface area contributed by atoms with Crippen LogP contribution < -0.4 is 9.47 Å². The van der Waals surface area contributed by atoms with Crippen molar-refractivity contribution in [3.63, 3.8) is 0 Å². The van der Waals surface area contributed by atoms with Gasteiger partial charge in [0.1, 0.15) is 23.1 Å². The van der Waals surface area contributed by atoms with E-state index in [0.717, 1.165) is 21.4 Å². The average Bonchev–Trinajstić information content (AvgIpc) is 2.92. The van der Waals surface area contributed by atoms with Crippen molar-refractivity contribution in [1.29, 1.82) is 0 Å². The Morgan fingerprint density at radius 3 is 2.47 bits per heavy atom. The number of likely N-dealkylation sites (N-methyl/N-ethyl adjacent to an activating group) is 1. The number of carbonyl (C=O) groups is 2. The van der Waals surface area contributed by atoms with Crippen molar-refractivity contribution in [2.24, 2.45) is 0 Å². The van der Waals surface area contributed by atoms with E-state index in [4.69, 9.17) is 21.1 Å². The minimum Gasteiger partial charge on any atom is -0.494 e. The van der Waals surface area contributed by atoms with Crippen molar-refractivity contribution < 1.29 is 23.5 Å². The molecule has 0 fully saturated rings. The lowest BCUT2D eigenvalue weighted by Gasteiger charge is -2.28. The minimum atomic E-state index is -0.610. The van der Waals surface area contributed by atoms with Crippen LogP contribution in [0.15, 0.2) is 71.2 Å². The van der Waals surface area contributed by atoms with Gasteiger partial charge in [-0.15, -0.1) is 0 Å². The van der Waals surface area contributed by atoms with Crippen LogP contribution in [0.5, 0.6) is 17.2 Å². The predicted molar refractivity (Wildman–Crippen MR) is 149 cm³/mol. The molecule has 0 spiro atoms. The van der Waals surface area contributed by atoms with Gasteiger partial charge in [0.2, 0.25) is 0 Å². The summed E-state index contributed by atoms with van der Waals surface area (Å²) in [6.07, 6.45) is 2.64. The Labute approximate surface area is 234 Å². The first-order valence-electron chi connectivity index (χ1n) is 12.1. The summed E-state index contributed by atoms with van der Waals surface area (Å²) in [6.45, 7) is 3.51. The molecule has 1 aliphatic heterocycles. The zero-order chi connectivity index (χ0) is 27.2. The summed E-state index contributed by atoms with van der Waals surface area (Å²) in [5.41, 5.74) is 2.89. The molecule has 0 saturated carbocycles. The number of rotatable bonds is 7. The first-order valence-corrected chi connectivity index (χ1v) is 13.3. The van der Waals surface area contributed by atoms with Gasteiger partial charge in [-0.05, 0) is 60.9 Å². The Balaban J connectivity index is 1.40. The van der Waals surface area contributed by atoms with Crippen LogP contribution in [0.25, 0.3) is 5.57 Å². The van der Waals surface area contributed by atoms with Crippen LogP contribution in [0.1, 0.15) is 24.5 Å². The topological polar surface area (TPSA) is 59.1 Å². The van der Waals surface area contributed by atoms with E-state index >= 15 is 0 Å². The molecule has 38 heavy (non-hydrogen) atoms. The van der Waals surface area contributed by atoms with E-state index in [0.29, 0.717) is 43.2 Å². The highest BCUT2D eigenvalue weighted by atomic mass is 79.9. The van der Waals surface area contributed by atoms with E-state index in [1.165, 1.54) is 23.1 Å². The van der Waals surface area contributed by atoms with Gasteiger partial charge in [-0.2, -0.15) is 0 Å². The van der Waals surface area contributed by atoms with Crippen LogP contribution in [0.2, 0.25) is 5.02 Å². The van der Waals surface area contributed by atoms with Crippen molar-refractivity contribution in [2.45, 2.75) is 19.9 Å². The molecule has 6 nitrogen and oxygen atoms in total. The summed E-state index contributed by atoms with van der Waals surface area (Å²) >= 11 is 9.30. The van der Waals surface area contributed by atoms with Gasteiger partial charge in [-0.3, -0.25) is 9.59 Å². The highest BCUT2D eigenvalue weighted by molar-refractivity contribution is 9.10. The first-order chi connectivity index (χ1) is 18.2. The molecule has 198 valence electrons. The van der Waals surface area contributed by atoms with Crippen LogP contribution in [-0.4, -0.2) is 48.4 Å². The lowest BCUT2D eigenvalue weighted by Crippen LogP contribution is -2.45. The van der Waals surface area contributed by atoms with E-state index < -0.39 is 17.6 Å². The van der Waals surface area contributed by atoms with Gasteiger partial charge in [0.05, 0.1) is 11.6 Å². The number of hydrogen-bond donors (Lipinski definition) is 0. The maximum absolute atomic E-state index is 13.5. The quantitative estimate of drug-likeness (QED) is 0.283. The normalized spacial score (nSPS) is 13.1. The highest BCUT2D eigenvalue weighted by Gasteiger charge is 2.27. The summed E-state index contributed by atoms with van der Waals surface area (Å²) in [6, 6.07) is 17.3. The molecule has 3 aromatic carbocycles. The number of nitrogens with zero attached hydrogens (tertiary/aromatic N) is 2. The van der Waals surface area contributed by atoms with Crippen molar-refractivity contribution in [1.82, 2.24) is 9.80 Å². The van der Waals surface area contributed by atoms with Crippen molar-refractivity contribution >= 4 is 44.9 Å². The second kappa shape index (κ2) is 12.5. The molecule has 9 heteroatoms. The van der Waals surface area contributed by atoms with Crippen molar-refractivity contribution in [3.8, 4) is 17.2 Å². The molecule has 2 amide bonds. The van der Waals surface area contributed by atoms with Crippen LogP contribution in [0, 0.1) is 5.82 Å². The molecule has 0 N–H and O–H groups in total. The molecule has 0 saturated heterocycles. The lowest BCUT2D eigenvalue weighted by molar-refractivity contribution is -0.151.